The first-order chi connectivity index (χ1) is 13.8. The maximum atomic E-state index is 5.97. The van der Waals surface area contributed by atoms with Gasteiger partial charge < -0.3 is 19.5 Å². The van der Waals surface area contributed by atoms with Crippen molar-refractivity contribution < 1.29 is 14.2 Å². The van der Waals surface area contributed by atoms with Gasteiger partial charge in [0.15, 0.2) is 11.5 Å². The third-order valence-corrected chi connectivity index (χ3v) is 4.36. The maximum Gasteiger partial charge on any atom is 0.161 e. The second kappa shape index (κ2) is 12.0. The van der Waals surface area contributed by atoms with E-state index in [2.05, 4.69) is 35.6 Å². The highest BCUT2D eigenvalue weighted by atomic mass is 35.5. The van der Waals surface area contributed by atoms with Crippen molar-refractivity contribution in [3.05, 3.63) is 89.5 Å². The zero-order chi connectivity index (χ0) is 19.6. The number of nitrogens with one attached hydrogen (secondary N) is 1. The lowest BCUT2D eigenvalue weighted by Crippen LogP contribution is -2.12. The van der Waals surface area contributed by atoms with Gasteiger partial charge in [0.05, 0.1) is 13.7 Å². The molecule has 0 aliphatic carbocycles. The summed E-state index contributed by atoms with van der Waals surface area (Å²) in [5.74, 6) is 2.42. The zero-order valence-electron chi connectivity index (χ0n) is 16.9. The molecule has 0 aromatic heterocycles. The first-order valence-corrected chi connectivity index (χ1v) is 9.54. The average Bonchev–Trinajstić information content (AvgIpc) is 2.75. The van der Waals surface area contributed by atoms with E-state index in [0.29, 0.717) is 13.2 Å². The SMILES string of the molecule is CCOc1cc(CNCc2ccc(OC)cc2)ccc1OCc1ccccc1.Cl. The summed E-state index contributed by atoms with van der Waals surface area (Å²) >= 11 is 0. The Bertz CT molecular complexity index is 854. The average molecular weight is 414 g/mol. The van der Waals surface area contributed by atoms with Crippen LogP contribution in [0.4, 0.5) is 0 Å². The van der Waals surface area contributed by atoms with Crippen molar-refractivity contribution in [1.29, 1.82) is 0 Å². The maximum absolute atomic E-state index is 5.97. The Morgan fingerprint density at radius 2 is 1.41 bits per heavy atom. The highest BCUT2D eigenvalue weighted by Crippen LogP contribution is 2.29. The Morgan fingerprint density at radius 3 is 2.10 bits per heavy atom. The minimum Gasteiger partial charge on any atom is -0.497 e. The van der Waals surface area contributed by atoms with Crippen LogP contribution in [-0.2, 0) is 19.7 Å². The fourth-order valence-corrected chi connectivity index (χ4v) is 2.88. The Labute approximate surface area is 179 Å². The van der Waals surface area contributed by atoms with Gasteiger partial charge >= 0.3 is 0 Å². The van der Waals surface area contributed by atoms with Gasteiger partial charge in [-0.1, -0.05) is 48.5 Å². The quantitative estimate of drug-likeness (QED) is 0.484. The molecule has 0 aliphatic heterocycles. The molecule has 0 radical (unpaired) electrons. The molecule has 0 atom stereocenters. The van der Waals surface area contributed by atoms with Gasteiger partial charge in [0.2, 0.25) is 0 Å². The molecule has 3 rings (SSSR count). The summed E-state index contributed by atoms with van der Waals surface area (Å²) in [6.07, 6.45) is 0. The zero-order valence-corrected chi connectivity index (χ0v) is 17.7. The fourth-order valence-electron chi connectivity index (χ4n) is 2.88. The van der Waals surface area contributed by atoms with Crippen molar-refractivity contribution >= 4 is 12.4 Å². The number of hydrogen-bond acceptors (Lipinski definition) is 4. The van der Waals surface area contributed by atoms with Crippen molar-refractivity contribution in [1.82, 2.24) is 5.32 Å². The number of ether oxygens (including phenoxy) is 3. The molecule has 5 heteroatoms. The summed E-state index contributed by atoms with van der Waals surface area (Å²) in [6.45, 7) is 4.65. The van der Waals surface area contributed by atoms with E-state index < -0.39 is 0 Å². The van der Waals surface area contributed by atoms with E-state index in [9.17, 15) is 0 Å². The Kier molecular flexibility index (Phi) is 9.35. The Hall–Kier alpha value is -2.69. The molecule has 1 N–H and O–H groups in total. The van der Waals surface area contributed by atoms with Gasteiger partial charge in [0.25, 0.3) is 0 Å². The van der Waals surface area contributed by atoms with Gasteiger partial charge in [0.1, 0.15) is 12.4 Å². The van der Waals surface area contributed by atoms with Crippen LogP contribution < -0.4 is 19.5 Å². The summed E-state index contributed by atoms with van der Waals surface area (Å²) in [4.78, 5) is 0. The molecule has 0 aliphatic rings. The lowest BCUT2D eigenvalue weighted by molar-refractivity contribution is 0.269. The van der Waals surface area contributed by atoms with Gasteiger partial charge in [-0.2, -0.15) is 0 Å². The van der Waals surface area contributed by atoms with Gasteiger partial charge in [-0.3, -0.25) is 0 Å². The molecule has 3 aromatic rings. The van der Waals surface area contributed by atoms with Gasteiger partial charge in [0, 0.05) is 13.1 Å². The second-order valence-electron chi connectivity index (χ2n) is 6.44. The van der Waals surface area contributed by atoms with Crippen LogP contribution in [0.1, 0.15) is 23.6 Å². The Morgan fingerprint density at radius 1 is 0.724 bits per heavy atom. The molecule has 3 aromatic carbocycles. The molecular formula is C24H28ClNO3. The molecule has 29 heavy (non-hydrogen) atoms. The van der Waals surface area contributed by atoms with Crippen LogP contribution >= 0.6 is 12.4 Å². The Balaban J connectivity index is 0.00000300. The lowest BCUT2D eigenvalue weighted by atomic mass is 10.1. The molecule has 4 nitrogen and oxygen atoms in total. The van der Waals surface area contributed by atoms with Crippen molar-refractivity contribution in [2.75, 3.05) is 13.7 Å². The third kappa shape index (κ3) is 7.00. The van der Waals surface area contributed by atoms with Crippen LogP contribution in [0.15, 0.2) is 72.8 Å². The van der Waals surface area contributed by atoms with Crippen molar-refractivity contribution in [2.24, 2.45) is 0 Å². The van der Waals surface area contributed by atoms with Gasteiger partial charge in [-0.05, 0) is 47.9 Å². The van der Waals surface area contributed by atoms with Crippen LogP contribution in [0.25, 0.3) is 0 Å². The van der Waals surface area contributed by atoms with E-state index in [1.807, 2.05) is 49.4 Å². The van der Waals surface area contributed by atoms with E-state index in [1.54, 1.807) is 7.11 Å². The standard InChI is InChI=1S/C24H27NO3.ClH/c1-3-27-24-15-21(17-25-16-19-9-12-22(26-2)13-10-19)11-14-23(24)28-18-20-7-5-4-6-8-20;/h4-15,25H,3,16-18H2,1-2H3;1H. The number of halogens is 1. The van der Waals surface area contributed by atoms with E-state index in [0.717, 1.165) is 41.5 Å². The molecule has 0 spiro atoms. The van der Waals surface area contributed by atoms with Gasteiger partial charge in [-0.15, -0.1) is 12.4 Å². The molecule has 0 heterocycles. The summed E-state index contributed by atoms with van der Waals surface area (Å²) in [5, 5.41) is 3.46. The highest BCUT2D eigenvalue weighted by molar-refractivity contribution is 5.85. The highest BCUT2D eigenvalue weighted by Gasteiger charge is 2.07. The van der Waals surface area contributed by atoms with Gasteiger partial charge in [-0.25, -0.2) is 0 Å². The first kappa shape index (κ1) is 22.6. The molecule has 0 saturated carbocycles. The molecule has 0 bridgehead atoms. The summed E-state index contributed by atoms with van der Waals surface area (Å²) in [6, 6.07) is 24.3. The monoisotopic (exact) mass is 413 g/mol. The molecule has 0 saturated heterocycles. The van der Waals surface area contributed by atoms with Crippen LogP contribution in [0.2, 0.25) is 0 Å². The predicted octanol–water partition coefficient (Wildman–Crippen LogP) is 5.38. The van der Waals surface area contributed by atoms with E-state index in [1.165, 1.54) is 5.56 Å². The normalized spacial score (nSPS) is 10.1. The summed E-state index contributed by atoms with van der Waals surface area (Å²) in [7, 11) is 1.68. The van der Waals surface area contributed by atoms with Crippen LogP contribution in [-0.4, -0.2) is 13.7 Å². The van der Waals surface area contributed by atoms with Crippen molar-refractivity contribution in [3.8, 4) is 17.2 Å². The molecular weight excluding hydrogens is 386 g/mol. The number of methoxy groups -OCH3 is 1. The lowest BCUT2D eigenvalue weighted by Gasteiger charge is -2.14. The second-order valence-corrected chi connectivity index (χ2v) is 6.44. The first-order valence-electron chi connectivity index (χ1n) is 9.54. The molecule has 0 fully saturated rings. The predicted molar refractivity (Wildman–Crippen MR) is 119 cm³/mol. The van der Waals surface area contributed by atoms with Crippen molar-refractivity contribution in [3.63, 3.8) is 0 Å². The topological polar surface area (TPSA) is 39.7 Å². The van der Waals surface area contributed by atoms with E-state index >= 15 is 0 Å². The largest absolute Gasteiger partial charge is 0.497 e. The third-order valence-electron chi connectivity index (χ3n) is 4.36. The van der Waals surface area contributed by atoms with Crippen LogP contribution in [0, 0.1) is 0 Å². The van der Waals surface area contributed by atoms with Crippen molar-refractivity contribution in [2.45, 2.75) is 26.6 Å². The fraction of sp³-hybridized carbons (Fsp3) is 0.250. The molecule has 0 unspecified atom stereocenters. The minimum absolute atomic E-state index is 0. The number of rotatable bonds is 10. The molecule has 154 valence electrons. The smallest absolute Gasteiger partial charge is 0.161 e. The minimum atomic E-state index is 0. The molecule has 0 amide bonds. The van der Waals surface area contributed by atoms with E-state index in [4.69, 9.17) is 14.2 Å². The van der Waals surface area contributed by atoms with E-state index in [-0.39, 0.29) is 12.4 Å². The summed E-state index contributed by atoms with van der Waals surface area (Å²) < 4.78 is 17.0. The van der Waals surface area contributed by atoms with Crippen LogP contribution in [0.3, 0.4) is 0 Å². The summed E-state index contributed by atoms with van der Waals surface area (Å²) in [5.41, 5.74) is 3.51. The van der Waals surface area contributed by atoms with Crippen LogP contribution in [0.5, 0.6) is 17.2 Å². The number of benzene rings is 3. The number of hydrogen-bond donors (Lipinski definition) is 1.